The van der Waals surface area contributed by atoms with Gasteiger partial charge in [0, 0.05) is 11.3 Å². The number of aromatic nitrogens is 1. The summed E-state index contributed by atoms with van der Waals surface area (Å²) in [6, 6.07) is 21.1. The number of carbonyl (C=O) groups excluding carboxylic acids is 1. The Hall–Kier alpha value is -3.60. The number of aryl methyl sites for hydroxylation is 1. The van der Waals surface area contributed by atoms with Crippen LogP contribution in [-0.4, -0.2) is 17.5 Å². The third kappa shape index (κ3) is 4.35. The highest BCUT2D eigenvalue weighted by Gasteiger charge is 2.13. The number of amides is 1. The monoisotopic (exact) mass is 400 g/mol. The van der Waals surface area contributed by atoms with Crippen LogP contribution in [0.5, 0.6) is 5.75 Å². The van der Waals surface area contributed by atoms with Gasteiger partial charge in [0.2, 0.25) is 5.89 Å². The van der Waals surface area contributed by atoms with Gasteiger partial charge >= 0.3 is 0 Å². The number of hydrogen-bond acceptors (Lipinski definition) is 4. The maximum atomic E-state index is 12.4. The van der Waals surface area contributed by atoms with Gasteiger partial charge in [-0.05, 0) is 60.4 Å². The molecule has 30 heavy (non-hydrogen) atoms. The fourth-order valence-electron chi connectivity index (χ4n) is 3.17. The molecule has 4 aromatic rings. The Bertz CT molecular complexity index is 1180. The van der Waals surface area contributed by atoms with Gasteiger partial charge in [0.25, 0.3) is 5.91 Å². The first-order valence-corrected chi connectivity index (χ1v) is 9.99. The molecule has 1 heterocycles. The number of ether oxygens (including phenoxy) is 1. The molecule has 0 bridgehead atoms. The number of rotatable bonds is 6. The summed E-state index contributed by atoms with van der Waals surface area (Å²) >= 11 is 0. The summed E-state index contributed by atoms with van der Waals surface area (Å²) in [5.74, 6) is 1.39. The van der Waals surface area contributed by atoms with Gasteiger partial charge in [-0.15, -0.1) is 0 Å². The molecule has 1 amide bonds. The fourth-order valence-corrected chi connectivity index (χ4v) is 3.17. The molecule has 0 aliphatic rings. The van der Waals surface area contributed by atoms with E-state index in [-0.39, 0.29) is 12.5 Å². The van der Waals surface area contributed by atoms with Crippen LogP contribution in [0.25, 0.3) is 22.6 Å². The lowest BCUT2D eigenvalue weighted by atomic mass is 10.0. The normalized spacial score (nSPS) is 11.1. The highest BCUT2D eigenvalue weighted by molar-refractivity contribution is 5.93. The molecule has 3 aromatic carbocycles. The van der Waals surface area contributed by atoms with Crippen LogP contribution in [-0.2, 0) is 4.79 Å². The van der Waals surface area contributed by atoms with Crippen molar-refractivity contribution in [2.24, 2.45) is 0 Å². The van der Waals surface area contributed by atoms with Gasteiger partial charge in [-0.25, -0.2) is 4.98 Å². The molecule has 0 radical (unpaired) electrons. The lowest BCUT2D eigenvalue weighted by molar-refractivity contribution is -0.118. The number of nitrogens with zero attached hydrogens (tertiary/aromatic N) is 1. The summed E-state index contributed by atoms with van der Waals surface area (Å²) in [5, 5.41) is 2.92. The zero-order valence-electron chi connectivity index (χ0n) is 17.3. The van der Waals surface area contributed by atoms with Gasteiger partial charge < -0.3 is 14.5 Å². The molecule has 0 unspecified atom stereocenters. The number of anilines is 1. The number of hydrogen-bond donors (Lipinski definition) is 1. The summed E-state index contributed by atoms with van der Waals surface area (Å²) in [6.45, 7) is 6.18. The minimum atomic E-state index is -0.224. The van der Waals surface area contributed by atoms with Crippen LogP contribution in [0.3, 0.4) is 0 Å². The first-order valence-electron chi connectivity index (χ1n) is 9.99. The van der Waals surface area contributed by atoms with Crippen molar-refractivity contribution >= 4 is 22.7 Å². The summed E-state index contributed by atoms with van der Waals surface area (Å²) in [7, 11) is 0. The van der Waals surface area contributed by atoms with Crippen molar-refractivity contribution in [3.8, 4) is 17.2 Å². The van der Waals surface area contributed by atoms with Crippen molar-refractivity contribution in [3.63, 3.8) is 0 Å². The number of fused-ring (bicyclic) bond motifs is 1. The minimum Gasteiger partial charge on any atom is -0.484 e. The standard InChI is InChI=1S/C25H24N2O3/c1-16(2)18-11-12-23-22(13-18)27-25(30-23)19-10-9-17(3)21(14-19)26-24(28)15-29-20-7-5-4-6-8-20/h4-14,16H,15H2,1-3H3,(H,26,28). The highest BCUT2D eigenvalue weighted by Crippen LogP contribution is 2.29. The second kappa shape index (κ2) is 8.41. The lowest BCUT2D eigenvalue weighted by Crippen LogP contribution is -2.20. The predicted molar refractivity (Wildman–Crippen MR) is 119 cm³/mol. The van der Waals surface area contributed by atoms with Crippen LogP contribution in [0.4, 0.5) is 5.69 Å². The minimum absolute atomic E-state index is 0.0610. The largest absolute Gasteiger partial charge is 0.484 e. The van der Waals surface area contributed by atoms with Gasteiger partial charge in [0.15, 0.2) is 12.2 Å². The number of carbonyl (C=O) groups is 1. The maximum Gasteiger partial charge on any atom is 0.262 e. The van der Waals surface area contributed by atoms with Crippen LogP contribution in [0.1, 0.15) is 30.9 Å². The van der Waals surface area contributed by atoms with Crippen molar-refractivity contribution in [1.29, 1.82) is 0 Å². The fraction of sp³-hybridized carbons (Fsp3) is 0.200. The molecule has 0 spiro atoms. The average Bonchev–Trinajstić information content (AvgIpc) is 3.18. The van der Waals surface area contributed by atoms with Crippen LogP contribution >= 0.6 is 0 Å². The SMILES string of the molecule is Cc1ccc(-c2nc3cc(C(C)C)ccc3o2)cc1NC(=O)COc1ccccc1. The highest BCUT2D eigenvalue weighted by atomic mass is 16.5. The van der Waals surface area contributed by atoms with Crippen molar-refractivity contribution in [2.45, 2.75) is 26.7 Å². The molecule has 152 valence electrons. The molecule has 0 saturated heterocycles. The van der Waals surface area contributed by atoms with Crippen LogP contribution in [0.15, 0.2) is 71.1 Å². The van der Waals surface area contributed by atoms with E-state index in [1.807, 2.05) is 61.5 Å². The first-order chi connectivity index (χ1) is 14.5. The Morgan fingerprint density at radius 2 is 1.87 bits per heavy atom. The van der Waals surface area contributed by atoms with Crippen molar-refractivity contribution in [3.05, 3.63) is 77.9 Å². The van der Waals surface area contributed by atoms with Crippen LogP contribution in [0, 0.1) is 6.92 Å². The van der Waals surface area contributed by atoms with Gasteiger partial charge in [0.05, 0.1) is 0 Å². The van der Waals surface area contributed by atoms with Crippen LogP contribution < -0.4 is 10.1 Å². The lowest BCUT2D eigenvalue weighted by Gasteiger charge is -2.10. The van der Waals surface area contributed by atoms with E-state index in [1.165, 1.54) is 5.56 Å². The van der Waals surface area contributed by atoms with E-state index in [0.717, 1.165) is 22.2 Å². The number of nitrogens with one attached hydrogen (secondary N) is 1. The Labute approximate surface area is 175 Å². The zero-order valence-corrected chi connectivity index (χ0v) is 17.3. The van der Waals surface area contributed by atoms with E-state index in [1.54, 1.807) is 0 Å². The third-order valence-electron chi connectivity index (χ3n) is 4.95. The van der Waals surface area contributed by atoms with E-state index >= 15 is 0 Å². The molecule has 4 rings (SSSR count). The Kier molecular flexibility index (Phi) is 5.53. The molecular formula is C25H24N2O3. The van der Waals surface area contributed by atoms with E-state index in [0.29, 0.717) is 23.2 Å². The smallest absolute Gasteiger partial charge is 0.262 e. The Morgan fingerprint density at radius 3 is 2.63 bits per heavy atom. The van der Waals surface area contributed by atoms with E-state index in [2.05, 4.69) is 36.3 Å². The van der Waals surface area contributed by atoms with Crippen molar-refractivity contribution in [2.75, 3.05) is 11.9 Å². The van der Waals surface area contributed by atoms with Crippen molar-refractivity contribution < 1.29 is 13.9 Å². The van der Waals surface area contributed by atoms with Gasteiger partial charge in [0.1, 0.15) is 11.3 Å². The summed E-state index contributed by atoms with van der Waals surface area (Å²) < 4.78 is 11.5. The molecule has 1 aromatic heterocycles. The summed E-state index contributed by atoms with van der Waals surface area (Å²) in [5.41, 5.74) is 5.26. The second-order valence-electron chi connectivity index (χ2n) is 7.58. The van der Waals surface area contributed by atoms with Gasteiger partial charge in [-0.3, -0.25) is 4.79 Å². The maximum absolute atomic E-state index is 12.4. The first kappa shape index (κ1) is 19.7. The van der Waals surface area contributed by atoms with Gasteiger partial charge in [-0.1, -0.05) is 44.2 Å². The Balaban J connectivity index is 1.52. The van der Waals surface area contributed by atoms with Crippen LogP contribution in [0.2, 0.25) is 0 Å². The second-order valence-corrected chi connectivity index (χ2v) is 7.58. The summed E-state index contributed by atoms with van der Waals surface area (Å²) in [6.07, 6.45) is 0. The molecule has 1 N–H and O–H groups in total. The summed E-state index contributed by atoms with van der Waals surface area (Å²) in [4.78, 5) is 17.0. The third-order valence-corrected chi connectivity index (χ3v) is 4.95. The van der Waals surface area contributed by atoms with Gasteiger partial charge in [-0.2, -0.15) is 0 Å². The number of benzene rings is 3. The van der Waals surface area contributed by atoms with E-state index < -0.39 is 0 Å². The van der Waals surface area contributed by atoms with E-state index in [4.69, 9.17) is 9.15 Å². The molecule has 5 nitrogen and oxygen atoms in total. The van der Waals surface area contributed by atoms with Crippen molar-refractivity contribution in [1.82, 2.24) is 4.98 Å². The quantitative estimate of drug-likeness (QED) is 0.435. The molecule has 0 saturated carbocycles. The topological polar surface area (TPSA) is 64.4 Å². The molecule has 0 aliphatic carbocycles. The average molecular weight is 400 g/mol. The zero-order chi connectivity index (χ0) is 21.1. The number of oxazole rings is 1. The molecule has 5 heteroatoms. The molecule has 0 fully saturated rings. The number of para-hydroxylation sites is 1. The molecule has 0 atom stereocenters. The Morgan fingerprint density at radius 1 is 1.07 bits per heavy atom. The molecule has 0 aliphatic heterocycles. The predicted octanol–water partition coefficient (Wildman–Crippen LogP) is 5.94. The van der Waals surface area contributed by atoms with E-state index in [9.17, 15) is 4.79 Å². The molecular weight excluding hydrogens is 376 g/mol.